The van der Waals surface area contributed by atoms with Gasteiger partial charge in [-0.2, -0.15) is 0 Å². The fourth-order valence-electron chi connectivity index (χ4n) is 2.41. The van der Waals surface area contributed by atoms with Gasteiger partial charge in [-0.15, -0.1) is 0 Å². The fourth-order valence-corrected chi connectivity index (χ4v) is 2.60. The van der Waals surface area contributed by atoms with Crippen molar-refractivity contribution in [2.75, 3.05) is 13.6 Å². The second-order valence-corrected chi connectivity index (χ2v) is 5.98. The van der Waals surface area contributed by atoms with Crippen LogP contribution in [0.25, 0.3) is 0 Å². The molecule has 4 heteroatoms. The van der Waals surface area contributed by atoms with Crippen LogP contribution in [0.15, 0.2) is 18.2 Å². The van der Waals surface area contributed by atoms with Crippen molar-refractivity contribution in [1.82, 2.24) is 4.90 Å². The number of nitrogens with zero attached hydrogens (tertiary/aromatic N) is 1. The fraction of sp³-hybridized carbons (Fsp3) is 0.600. The van der Waals surface area contributed by atoms with Crippen LogP contribution in [0.1, 0.15) is 38.8 Å². The molecule has 0 aromatic heterocycles. The molecular weight excluding hydrogens is 263 g/mol. The summed E-state index contributed by atoms with van der Waals surface area (Å²) in [5.74, 6) is 0.242. The highest BCUT2D eigenvalue weighted by molar-refractivity contribution is 6.30. The lowest BCUT2D eigenvalue weighted by Gasteiger charge is -2.33. The summed E-state index contributed by atoms with van der Waals surface area (Å²) in [5, 5.41) is 0.154. The third-order valence-electron chi connectivity index (χ3n) is 3.55. The van der Waals surface area contributed by atoms with E-state index in [1.165, 1.54) is 6.07 Å². The van der Waals surface area contributed by atoms with E-state index in [-0.39, 0.29) is 16.9 Å². The van der Waals surface area contributed by atoms with Crippen LogP contribution in [-0.4, -0.2) is 24.5 Å². The smallest absolute Gasteiger partial charge is 0.141 e. The summed E-state index contributed by atoms with van der Waals surface area (Å²) in [7, 11) is 2.06. The van der Waals surface area contributed by atoms with Crippen LogP contribution in [0.3, 0.4) is 0 Å². The molecule has 0 aliphatic rings. The van der Waals surface area contributed by atoms with E-state index in [1.54, 1.807) is 12.1 Å². The Balaban J connectivity index is 2.89. The third-order valence-corrected chi connectivity index (χ3v) is 3.84. The number of rotatable bonds is 6. The maximum absolute atomic E-state index is 13.2. The zero-order valence-electron chi connectivity index (χ0n) is 12.2. The van der Waals surface area contributed by atoms with Gasteiger partial charge in [0.2, 0.25) is 0 Å². The molecule has 1 aromatic carbocycles. The summed E-state index contributed by atoms with van der Waals surface area (Å²) in [5.41, 5.74) is 6.85. The van der Waals surface area contributed by atoms with E-state index in [0.29, 0.717) is 18.5 Å². The van der Waals surface area contributed by atoms with Gasteiger partial charge in [0.15, 0.2) is 0 Å². The molecule has 1 rings (SSSR count). The molecule has 0 aliphatic heterocycles. The number of nitrogens with two attached hydrogens (primary N) is 1. The van der Waals surface area contributed by atoms with Crippen molar-refractivity contribution >= 4 is 11.6 Å². The second kappa shape index (κ2) is 7.22. The molecule has 0 fully saturated rings. The number of likely N-dealkylation sites (N-methyl/N-ethyl adjacent to an activating group) is 1. The van der Waals surface area contributed by atoms with Crippen molar-refractivity contribution in [3.8, 4) is 0 Å². The van der Waals surface area contributed by atoms with E-state index in [9.17, 15) is 4.39 Å². The molecule has 19 heavy (non-hydrogen) atoms. The average Bonchev–Trinajstić information content (AvgIpc) is 2.33. The minimum Gasteiger partial charge on any atom is -0.329 e. The first-order valence-corrected chi connectivity index (χ1v) is 7.11. The standard InChI is InChI=1S/C15H24ClFN2/c1-10(2)7-11(3)19(4)15(9-18)12-5-6-14(17)13(16)8-12/h5-6,8,10-11,15H,7,9,18H2,1-4H3. The molecule has 0 bridgehead atoms. The molecule has 1 aromatic rings. The van der Waals surface area contributed by atoms with E-state index >= 15 is 0 Å². The molecule has 0 heterocycles. The number of benzene rings is 1. The Labute approximate surface area is 120 Å². The maximum atomic E-state index is 13.2. The first-order valence-electron chi connectivity index (χ1n) is 6.73. The lowest BCUT2D eigenvalue weighted by atomic mass is 9.99. The van der Waals surface area contributed by atoms with Gasteiger partial charge in [0.05, 0.1) is 5.02 Å². The van der Waals surface area contributed by atoms with Crippen LogP contribution < -0.4 is 5.73 Å². The molecule has 2 nitrogen and oxygen atoms in total. The molecule has 0 saturated heterocycles. The molecular formula is C15H24ClFN2. The minimum absolute atomic E-state index is 0.0619. The lowest BCUT2D eigenvalue weighted by Crippen LogP contribution is -2.37. The van der Waals surface area contributed by atoms with Gasteiger partial charge in [0.1, 0.15) is 5.82 Å². The molecule has 2 unspecified atom stereocenters. The summed E-state index contributed by atoms with van der Waals surface area (Å²) in [6.07, 6.45) is 1.10. The quantitative estimate of drug-likeness (QED) is 0.861. The zero-order chi connectivity index (χ0) is 14.6. The van der Waals surface area contributed by atoms with Gasteiger partial charge >= 0.3 is 0 Å². The Hall–Kier alpha value is -0.640. The molecule has 2 atom stereocenters. The maximum Gasteiger partial charge on any atom is 0.141 e. The number of hydrogen-bond acceptors (Lipinski definition) is 2. The van der Waals surface area contributed by atoms with Crippen LogP contribution in [0.4, 0.5) is 4.39 Å². The topological polar surface area (TPSA) is 29.3 Å². The third kappa shape index (κ3) is 4.44. The highest BCUT2D eigenvalue weighted by atomic mass is 35.5. The minimum atomic E-state index is -0.390. The summed E-state index contributed by atoms with van der Waals surface area (Å²) >= 11 is 5.85. The Bertz CT molecular complexity index is 409. The van der Waals surface area contributed by atoms with Gasteiger partial charge in [0.25, 0.3) is 0 Å². The van der Waals surface area contributed by atoms with Crippen LogP contribution >= 0.6 is 11.6 Å². The van der Waals surface area contributed by atoms with E-state index < -0.39 is 0 Å². The van der Waals surface area contributed by atoms with Crippen LogP contribution in [0.2, 0.25) is 5.02 Å². The summed E-state index contributed by atoms with van der Waals surface area (Å²) < 4.78 is 13.2. The van der Waals surface area contributed by atoms with Crippen molar-refractivity contribution in [2.45, 2.75) is 39.3 Å². The molecule has 0 amide bonds. The molecule has 2 N–H and O–H groups in total. The summed E-state index contributed by atoms with van der Waals surface area (Å²) in [6, 6.07) is 5.32. The molecule has 108 valence electrons. The van der Waals surface area contributed by atoms with E-state index in [1.807, 2.05) is 0 Å². The Morgan fingerprint density at radius 2 is 1.95 bits per heavy atom. The van der Waals surface area contributed by atoms with Gasteiger partial charge < -0.3 is 5.73 Å². The Morgan fingerprint density at radius 3 is 2.42 bits per heavy atom. The molecule has 0 saturated carbocycles. The first kappa shape index (κ1) is 16.4. The van der Waals surface area contributed by atoms with Crippen molar-refractivity contribution in [2.24, 2.45) is 11.7 Å². The Kier molecular flexibility index (Phi) is 6.24. The van der Waals surface area contributed by atoms with Crippen LogP contribution in [-0.2, 0) is 0 Å². The van der Waals surface area contributed by atoms with Gasteiger partial charge in [-0.3, -0.25) is 4.90 Å². The highest BCUT2D eigenvalue weighted by Crippen LogP contribution is 2.26. The van der Waals surface area contributed by atoms with E-state index in [0.717, 1.165) is 12.0 Å². The second-order valence-electron chi connectivity index (χ2n) is 5.57. The van der Waals surface area contributed by atoms with Gasteiger partial charge in [-0.05, 0) is 44.0 Å². The van der Waals surface area contributed by atoms with Crippen molar-refractivity contribution in [3.63, 3.8) is 0 Å². The van der Waals surface area contributed by atoms with Crippen LogP contribution in [0.5, 0.6) is 0 Å². The normalized spacial score (nSPS) is 15.0. The largest absolute Gasteiger partial charge is 0.329 e. The monoisotopic (exact) mass is 286 g/mol. The number of halogens is 2. The zero-order valence-corrected chi connectivity index (χ0v) is 12.9. The van der Waals surface area contributed by atoms with Gasteiger partial charge in [-0.1, -0.05) is 31.5 Å². The Morgan fingerprint density at radius 1 is 1.32 bits per heavy atom. The highest BCUT2D eigenvalue weighted by Gasteiger charge is 2.21. The first-order chi connectivity index (χ1) is 8.86. The molecule has 0 radical (unpaired) electrons. The van der Waals surface area contributed by atoms with Crippen LogP contribution in [0, 0.1) is 11.7 Å². The van der Waals surface area contributed by atoms with Crippen molar-refractivity contribution in [3.05, 3.63) is 34.6 Å². The average molecular weight is 287 g/mol. The van der Waals surface area contributed by atoms with E-state index in [2.05, 4.69) is 32.7 Å². The SMILES string of the molecule is CC(C)CC(C)N(C)C(CN)c1ccc(F)c(Cl)c1. The van der Waals surface area contributed by atoms with Crippen molar-refractivity contribution in [1.29, 1.82) is 0 Å². The summed E-state index contributed by atoms with van der Waals surface area (Å²) in [4.78, 5) is 2.24. The van der Waals surface area contributed by atoms with Crippen molar-refractivity contribution < 1.29 is 4.39 Å². The van der Waals surface area contributed by atoms with E-state index in [4.69, 9.17) is 17.3 Å². The lowest BCUT2D eigenvalue weighted by molar-refractivity contribution is 0.168. The molecule has 0 spiro atoms. The van der Waals surface area contributed by atoms with Gasteiger partial charge in [0, 0.05) is 18.6 Å². The predicted octanol–water partition coefficient (Wildman–Crippen LogP) is 3.85. The summed E-state index contributed by atoms with van der Waals surface area (Å²) in [6.45, 7) is 7.09. The molecule has 0 aliphatic carbocycles. The predicted molar refractivity (Wildman–Crippen MR) is 79.9 cm³/mol. The van der Waals surface area contributed by atoms with Gasteiger partial charge in [-0.25, -0.2) is 4.39 Å². The number of hydrogen-bond donors (Lipinski definition) is 1.